The van der Waals surface area contributed by atoms with E-state index in [1.54, 1.807) is 7.05 Å². The number of hydrogen-bond acceptors (Lipinski definition) is 2. The van der Waals surface area contributed by atoms with Gasteiger partial charge in [0.05, 0.1) is 23.5 Å². The van der Waals surface area contributed by atoms with Gasteiger partial charge in [-0.05, 0) is 18.2 Å². The summed E-state index contributed by atoms with van der Waals surface area (Å²) in [6, 6.07) is 3.26. The predicted molar refractivity (Wildman–Crippen MR) is 53.3 cm³/mol. The van der Waals surface area contributed by atoms with Crippen molar-refractivity contribution < 1.29 is 18.0 Å². The molecule has 0 unspecified atom stereocenters. The molecule has 1 aromatic rings. The molecular formula is C10H9F3N2O. The van der Waals surface area contributed by atoms with Gasteiger partial charge in [-0.1, -0.05) is 0 Å². The summed E-state index contributed by atoms with van der Waals surface area (Å²) in [6.07, 6.45) is -4.36. The molecule has 0 atom stereocenters. The topological polar surface area (TPSA) is 32.3 Å². The molecule has 0 saturated carbocycles. The summed E-state index contributed by atoms with van der Waals surface area (Å²) in [5.74, 6) is -0.227. The lowest BCUT2D eigenvalue weighted by Crippen LogP contribution is -2.35. The molecule has 0 aliphatic carbocycles. The number of amides is 1. The van der Waals surface area contributed by atoms with Crippen LogP contribution in [0.4, 0.5) is 24.5 Å². The van der Waals surface area contributed by atoms with Crippen LogP contribution in [-0.4, -0.2) is 19.5 Å². The molecule has 0 fully saturated rings. The van der Waals surface area contributed by atoms with Crippen LogP contribution in [-0.2, 0) is 11.0 Å². The second-order valence-electron chi connectivity index (χ2n) is 3.63. The first-order valence-corrected chi connectivity index (χ1v) is 4.60. The molecular weight excluding hydrogens is 221 g/mol. The molecule has 1 N–H and O–H groups in total. The molecule has 0 spiro atoms. The van der Waals surface area contributed by atoms with E-state index in [9.17, 15) is 18.0 Å². The number of nitrogens with zero attached hydrogens (tertiary/aromatic N) is 1. The maximum Gasteiger partial charge on any atom is 0.416 e. The fourth-order valence-electron chi connectivity index (χ4n) is 1.62. The van der Waals surface area contributed by atoms with E-state index in [4.69, 9.17) is 0 Å². The Morgan fingerprint density at radius 1 is 1.38 bits per heavy atom. The molecule has 1 amide bonds. The number of hydrogen-bond donors (Lipinski definition) is 1. The van der Waals surface area contributed by atoms with Crippen LogP contribution in [0.1, 0.15) is 5.56 Å². The van der Waals surface area contributed by atoms with Crippen molar-refractivity contribution in [3.05, 3.63) is 23.8 Å². The SMILES string of the molecule is CN1CC(=O)Nc2ccc(C(F)(F)F)cc21. The highest BCUT2D eigenvalue weighted by atomic mass is 19.4. The van der Waals surface area contributed by atoms with Crippen molar-refractivity contribution in [2.24, 2.45) is 0 Å². The van der Waals surface area contributed by atoms with Crippen molar-refractivity contribution in [2.45, 2.75) is 6.18 Å². The standard InChI is InChI=1S/C10H9F3N2O/c1-15-5-9(16)14-7-3-2-6(4-8(7)15)10(11,12)13/h2-4H,5H2,1H3,(H,14,16). The van der Waals surface area contributed by atoms with E-state index in [2.05, 4.69) is 5.32 Å². The van der Waals surface area contributed by atoms with Crippen LogP contribution in [0.25, 0.3) is 0 Å². The molecule has 0 radical (unpaired) electrons. The van der Waals surface area contributed by atoms with E-state index in [1.807, 2.05) is 0 Å². The minimum absolute atomic E-state index is 0.0638. The van der Waals surface area contributed by atoms with Crippen molar-refractivity contribution in [3.8, 4) is 0 Å². The number of halogens is 3. The Balaban J connectivity index is 2.46. The number of carbonyl (C=O) groups excluding carboxylic acids is 1. The lowest BCUT2D eigenvalue weighted by molar-refractivity contribution is -0.137. The summed E-state index contributed by atoms with van der Waals surface area (Å²) in [5.41, 5.74) is 0.0791. The number of likely N-dealkylation sites (N-methyl/N-ethyl adjacent to an activating group) is 1. The van der Waals surface area contributed by atoms with Gasteiger partial charge in [-0.3, -0.25) is 4.79 Å². The zero-order chi connectivity index (χ0) is 11.9. The van der Waals surface area contributed by atoms with Crippen LogP contribution in [0, 0.1) is 0 Å². The monoisotopic (exact) mass is 230 g/mol. The third-order valence-electron chi connectivity index (χ3n) is 2.39. The van der Waals surface area contributed by atoms with Gasteiger partial charge < -0.3 is 10.2 Å². The van der Waals surface area contributed by atoms with E-state index >= 15 is 0 Å². The van der Waals surface area contributed by atoms with Gasteiger partial charge >= 0.3 is 6.18 Å². The number of fused-ring (bicyclic) bond motifs is 1. The Bertz CT molecular complexity index is 442. The average molecular weight is 230 g/mol. The lowest BCUT2D eigenvalue weighted by Gasteiger charge is -2.27. The van der Waals surface area contributed by atoms with Crippen molar-refractivity contribution in [1.82, 2.24) is 0 Å². The molecule has 0 bridgehead atoms. The second kappa shape index (κ2) is 3.40. The average Bonchev–Trinajstić information content (AvgIpc) is 2.15. The minimum Gasteiger partial charge on any atom is -0.364 e. The third-order valence-corrected chi connectivity index (χ3v) is 2.39. The maximum atomic E-state index is 12.5. The van der Waals surface area contributed by atoms with Gasteiger partial charge in [0, 0.05) is 7.05 Å². The van der Waals surface area contributed by atoms with E-state index in [1.165, 1.54) is 11.0 Å². The normalized spacial score (nSPS) is 15.8. The zero-order valence-corrected chi connectivity index (χ0v) is 8.43. The lowest BCUT2D eigenvalue weighted by atomic mass is 10.1. The molecule has 1 aliphatic rings. The summed E-state index contributed by atoms with van der Waals surface area (Å²) < 4.78 is 37.4. The summed E-state index contributed by atoms with van der Waals surface area (Å²) >= 11 is 0. The molecule has 3 nitrogen and oxygen atoms in total. The Kier molecular flexibility index (Phi) is 2.29. The van der Waals surface area contributed by atoms with Gasteiger partial charge in [0.25, 0.3) is 0 Å². The van der Waals surface area contributed by atoms with Gasteiger partial charge in [-0.15, -0.1) is 0 Å². The van der Waals surface area contributed by atoms with Crippen LogP contribution >= 0.6 is 0 Å². The van der Waals surface area contributed by atoms with E-state index in [0.29, 0.717) is 11.4 Å². The number of alkyl halides is 3. The Labute approximate surface area is 89.9 Å². The first kappa shape index (κ1) is 10.8. The minimum atomic E-state index is -4.36. The van der Waals surface area contributed by atoms with Crippen molar-refractivity contribution in [3.63, 3.8) is 0 Å². The number of carbonyl (C=O) groups is 1. The Morgan fingerprint density at radius 2 is 2.06 bits per heavy atom. The predicted octanol–water partition coefficient (Wildman–Crippen LogP) is 2.09. The van der Waals surface area contributed by atoms with E-state index < -0.39 is 11.7 Å². The van der Waals surface area contributed by atoms with Gasteiger partial charge in [-0.2, -0.15) is 13.2 Å². The van der Waals surface area contributed by atoms with E-state index in [0.717, 1.165) is 12.1 Å². The van der Waals surface area contributed by atoms with Crippen LogP contribution < -0.4 is 10.2 Å². The first-order valence-electron chi connectivity index (χ1n) is 4.60. The summed E-state index contributed by atoms with van der Waals surface area (Å²) in [7, 11) is 1.58. The fraction of sp³-hybridized carbons (Fsp3) is 0.300. The first-order chi connectivity index (χ1) is 7.38. The summed E-state index contributed by atoms with van der Waals surface area (Å²) in [6.45, 7) is 0.0638. The number of anilines is 2. The van der Waals surface area contributed by atoms with Gasteiger partial charge in [0.2, 0.25) is 5.91 Å². The highest BCUT2D eigenvalue weighted by Crippen LogP contribution is 2.36. The van der Waals surface area contributed by atoms with Crippen LogP contribution in [0.5, 0.6) is 0 Å². The summed E-state index contributed by atoms with van der Waals surface area (Å²) in [4.78, 5) is 12.6. The fourth-order valence-corrected chi connectivity index (χ4v) is 1.62. The largest absolute Gasteiger partial charge is 0.416 e. The maximum absolute atomic E-state index is 12.5. The number of rotatable bonds is 0. The smallest absolute Gasteiger partial charge is 0.364 e. The quantitative estimate of drug-likeness (QED) is 0.740. The second-order valence-corrected chi connectivity index (χ2v) is 3.63. The van der Waals surface area contributed by atoms with Gasteiger partial charge in [0.15, 0.2) is 0 Å². The van der Waals surface area contributed by atoms with Crippen molar-refractivity contribution in [2.75, 3.05) is 23.8 Å². The molecule has 1 aliphatic heterocycles. The number of benzene rings is 1. The van der Waals surface area contributed by atoms with Gasteiger partial charge in [0.1, 0.15) is 0 Å². The molecule has 1 aromatic carbocycles. The number of nitrogens with one attached hydrogen (secondary N) is 1. The van der Waals surface area contributed by atoms with Crippen molar-refractivity contribution >= 4 is 17.3 Å². The molecule has 6 heteroatoms. The van der Waals surface area contributed by atoms with Crippen LogP contribution in [0.2, 0.25) is 0 Å². The molecule has 16 heavy (non-hydrogen) atoms. The third kappa shape index (κ3) is 1.82. The zero-order valence-electron chi connectivity index (χ0n) is 8.43. The van der Waals surface area contributed by atoms with Gasteiger partial charge in [-0.25, -0.2) is 0 Å². The molecule has 1 heterocycles. The molecule has 0 aromatic heterocycles. The highest BCUT2D eigenvalue weighted by Gasteiger charge is 2.32. The molecule has 86 valence electrons. The van der Waals surface area contributed by atoms with Crippen LogP contribution in [0.3, 0.4) is 0 Å². The van der Waals surface area contributed by atoms with Crippen molar-refractivity contribution in [1.29, 1.82) is 0 Å². The van der Waals surface area contributed by atoms with Crippen LogP contribution in [0.15, 0.2) is 18.2 Å². The summed E-state index contributed by atoms with van der Waals surface area (Å²) in [5, 5.41) is 2.52. The Hall–Kier alpha value is -1.72. The Morgan fingerprint density at radius 3 is 2.69 bits per heavy atom. The molecule has 2 rings (SSSR count). The highest BCUT2D eigenvalue weighted by molar-refractivity contribution is 6.01. The van der Waals surface area contributed by atoms with E-state index in [-0.39, 0.29) is 12.5 Å². The molecule has 0 saturated heterocycles.